The van der Waals surface area contributed by atoms with Crippen molar-refractivity contribution in [3.05, 3.63) is 20.6 Å². The summed E-state index contributed by atoms with van der Waals surface area (Å²) in [5.74, 6) is 1.09. The molecule has 0 heterocycles. The summed E-state index contributed by atoms with van der Waals surface area (Å²) in [6.45, 7) is 0. The lowest BCUT2D eigenvalue weighted by molar-refractivity contribution is 0.249. The average Bonchev–Trinajstić information content (AvgIpc) is 2.33. The average molecular weight is 381 g/mol. The number of primary amides is 1. The van der Waals surface area contributed by atoms with Crippen molar-refractivity contribution in [3.63, 3.8) is 0 Å². The maximum Gasteiger partial charge on any atom is 0.332 e. The Morgan fingerprint density at radius 2 is 2.06 bits per heavy atom. The van der Waals surface area contributed by atoms with E-state index in [0.717, 1.165) is 4.47 Å². The van der Waals surface area contributed by atoms with E-state index in [1.54, 1.807) is 6.07 Å². The quantitative estimate of drug-likeness (QED) is 0.620. The second-order valence-corrected chi connectivity index (χ2v) is 4.65. The molecule has 98 valence electrons. The molecule has 0 atom stereocenters. The maximum absolute atomic E-state index is 10.5. The van der Waals surface area contributed by atoms with Crippen LogP contribution < -0.4 is 20.6 Å². The predicted molar refractivity (Wildman–Crippen MR) is 75.3 cm³/mol. The van der Waals surface area contributed by atoms with Gasteiger partial charge in [0.2, 0.25) is 0 Å². The number of ether oxygens (including phenoxy) is 2. The third-order valence-corrected chi connectivity index (χ3v) is 4.10. The van der Waals surface area contributed by atoms with Gasteiger partial charge in [-0.2, -0.15) is 5.10 Å². The molecule has 0 spiro atoms. The highest BCUT2D eigenvalue weighted by molar-refractivity contribution is 9.13. The van der Waals surface area contributed by atoms with Crippen molar-refractivity contribution in [1.29, 1.82) is 0 Å². The summed E-state index contributed by atoms with van der Waals surface area (Å²) in [5.41, 5.74) is 7.69. The fraction of sp³-hybridized carbons (Fsp3) is 0.200. The summed E-state index contributed by atoms with van der Waals surface area (Å²) >= 11 is 6.76. The van der Waals surface area contributed by atoms with Gasteiger partial charge in [0.15, 0.2) is 11.5 Å². The van der Waals surface area contributed by atoms with Crippen molar-refractivity contribution in [2.45, 2.75) is 0 Å². The normalized spacial score (nSPS) is 10.4. The van der Waals surface area contributed by atoms with Gasteiger partial charge in [0.1, 0.15) is 0 Å². The van der Waals surface area contributed by atoms with Gasteiger partial charge >= 0.3 is 6.03 Å². The Kier molecular flexibility index (Phi) is 5.42. The van der Waals surface area contributed by atoms with Crippen LogP contribution in [0, 0.1) is 0 Å². The third kappa shape index (κ3) is 3.36. The number of halogens is 2. The van der Waals surface area contributed by atoms with Crippen LogP contribution in [0.4, 0.5) is 4.79 Å². The fourth-order valence-corrected chi connectivity index (χ4v) is 2.19. The Hall–Kier alpha value is -1.28. The molecular weight excluding hydrogens is 370 g/mol. The molecule has 1 rings (SSSR count). The molecule has 3 N–H and O–H groups in total. The minimum Gasteiger partial charge on any atom is -0.493 e. The second-order valence-electron chi connectivity index (χ2n) is 3.06. The Bertz CT molecular complexity index is 492. The number of amides is 2. The molecule has 0 unspecified atom stereocenters. The third-order valence-electron chi connectivity index (χ3n) is 1.96. The van der Waals surface area contributed by atoms with E-state index in [1.807, 2.05) is 0 Å². The monoisotopic (exact) mass is 379 g/mol. The molecular formula is C10H11Br2N3O3. The van der Waals surface area contributed by atoms with Crippen molar-refractivity contribution in [2.75, 3.05) is 14.2 Å². The van der Waals surface area contributed by atoms with Gasteiger partial charge in [-0.25, -0.2) is 10.2 Å². The standard InChI is InChI=1S/C10H11Br2N3O3/c1-17-6-3-5(4-14-15-10(13)16)7(11)8(12)9(6)18-2/h3-4H,1-2H3,(H3,13,15,16). The van der Waals surface area contributed by atoms with Crippen LogP contribution >= 0.6 is 31.9 Å². The number of carbonyl (C=O) groups excluding carboxylic acids is 1. The highest BCUT2D eigenvalue weighted by Gasteiger charge is 2.15. The van der Waals surface area contributed by atoms with Crippen LogP contribution in [-0.2, 0) is 0 Å². The molecule has 2 amide bonds. The van der Waals surface area contributed by atoms with Gasteiger partial charge in [-0.3, -0.25) is 0 Å². The number of methoxy groups -OCH3 is 2. The van der Waals surface area contributed by atoms with Crippen molar-refractivity contribution in [1.82, 2.24) is 5.43 Å². The summed E-state index contributed by atoms with van der Waals surface area (Å²) in [7, 11) is 3.07. The lowest BCUT2D eigenvalue weighted by atomic mass is 10.2. The number of rotatable bonds is 4. The van der Waals surface area contributed by atoms with Gasteiger partial charge in [-0.05, 0) is 37.9 Å². The van der Waals surface area contributed by atoms with Crippen LogP contribution in [0.3, 0.4) is 0 Å². The number of nitrogens with one attached hydrogen (secondary N) is 1. The van der Waals surface area contributed by atoms with Crippen LogP contribution in [0.15, 0.2) is 20.1 Å². The Labute approximate surface area is 121 Å². The molecule has 0 fully saturated rings. The van der Waals surface area contributed by atoms with Gasteiger partial charge in [0, 0.05) is 10.0 Å². The minimum absolute atomic E-state index is 0.535. The van der Waals surface area contributed by atoms with Crippen molar-refractivity contribution in [2.24, 2.45) is 10.8 Å². The van der Waals surface area contributed by atoms with Crippen molar-refractivity contribution < 1.29 is 14.3 Å². The topological polar surface area (TPSA) is 85.9 Å². The number of nitrogens with zero attached hydrogens (tertiary/aromatic N) is 1. The van der Waals surface area contributed by atoms with E-state index in [2.05, 4.69) is 42.4 Å². The Balaban J connectivity index is 3.17. The van der Waals surface area contributed by atoms with Gasteiger partial charge in [-0.1, -0.05) is 0 Å². The number of hydrazone groups is 1. The molecule has 8 heteroatoms. The summed E-state index contributed by atoms with van der Waals surface area (Å²) in [4.78, 5) is 10.5. The Morgan fingerprint density at radius 1 is 1.39 bits per heavy atom. The summed E-state index contributed by atoms with van der Waals surface area (Å²) in [5, 5.41) is 3.68. The first-order valence-corrected chi connectivity index (χ1v) is 6.28. The number of hydrogen-bond donors (Lipinski definition) is 2. The van der Waals surface area contributed by atoms with Gasteiger partial charge in [0.25, 0.3) is 0 Å². The highest BCUT2D eigenvalue weighted by Crippen LogP contribution is 2.41. The number of benzene rings is 1. The number of urea groups is 1. The first-order chi connectivity index (χ1) is 8.51. The lowest BCUT2D eigenvalue weighted by Gasteiger charge is -2.12. The molecule has 0 saturated heterocycles. The number of nitrogens with two attached hydrogens (primary N) is 1. The molecule has 1 aromatic carbocycles. The van der Waals surface area contributed by atoms with Crippen LogP contribution in [-0.4, -0.2) is 26.5 Å². The van der Waals surface area contributed by atoms with E-state index < -0.39 is 6.03 Å². The van der Waals surface area contributed by atoms with Gasteiger partial charge in [0.05, 0.1) is 24.9 Å². The first-order valence-electron chi connectivity index (χ1n) is 4.69. The Morgan fingerprint density at radius 3 is 2.56 bits per heavy atom. The van der Waals surface area contributed by atoms with E-state index in [9.17, 15) is 4.79 Å². The lowest BCUT2D eigenvalue weighted by Crippen LogP contribution is -2.24. The van der Waals surface area contributed by atoms with Crippen LogP contribution in [0.5, 0.6) is 11.5 Å². The second kappa shape index (κ2) is 6.60. The molecule has 0 bridgehead atoms. The van der Waals surface area contributed by atoms with E-state index in [0.29, 0.717) is 21.5 Å². The van der Waals surface area contributed by atoms with Gasteiger partial charge < -0.3 is 15.2 Å². The maximum atomic E-state index is 10.5. The number of carbonyl (C=O) groups is 1. The smallest absolute Gasteiger partial charge is 0.332 e. The van der Waals surface area contributed by atoms with Crippen LogP contribution in [0.2, 0.25) is 0 Å². The SMILES string of the molecule is COc1cc(C=NNC(N)=O)c(Br)c(Br)c1OC. The van der Waals surface area contributed by atoms with E-state index in [4.69, 9.17) is 15.2 Å². The first kappa shape index (κ1) is 14.8. The van der Waals surface area contributed by atoms with Crippen molar-refractivity contribution in [3.8, 4) is 11.5 Å². The largest absolute Gasteiger partial charge is 0.493 e. The molecule has 0 aromatic heterocycles. The summed E-state index contributed by atoms with van der Waals surface area (Å²) in [6.07, 6.45) is 1.43. The van der Waals surface area contributed by atoms with Crippen LogP contribution in [0.1, 0.15) is 5.56 Å². The van der Waals surface area contributed by atoms with E-state index >= 15 is 0 Å². The number of hydrogen-bond acceptors (Lipinski definition) is 4. The minimum atomic E-state index is -0.734. The molecule has 0 aliphatic rings. The van der Waals surface area contributed by atoms with Crippen LogP contribution in [0.25, 0.3) is 0 Å². The van der Waals surface area contributed by atoms with Gasteiger partial charge in [-0.15, -0.1) is 0 Å². The fourth-order valence-electron chi connectivity index (χ4n) is 1.21. The molecule has 18 heavy (non-hydrogen) atoms. The molecule has 0 saturated carbocycles. The van der Waals surface area contributed by atoms with Crippen molar-refractivity contribution >= 4 is 44.1 Å². The molecule has 0 aliphatic carbocycles. The summed E-state index contributed by atoms with van der Waals surface area (Å²) < 4.78 is 11.8. The molecule has 6 nitrogen and oxygen atoms in total. The van der Waals surface area contributed by atoms with E-state index in [1.165, 1.54) is 20.4 Å². The predicted octanol–water partition coefficient (Wildman–Crippen LogP) is 2.23. The molecule has 1 aromatic rings. The zero-order valence-electron chi connectivity index (χ0n) is 9.66. The molecule has 0 aliphatic heterocycles. The molecule has 0 radical (unpaired) electrons. The zero-order chi connectivity index (χ0) is 13.7. The summed E-state index contributed by atoms with van der Waals surface area (Å²) in [6, 6.07) is 0.974. The highest BCUT2D eigenvalue weighted by atomic mass is 79.9. The van der Waals surface area contributed by atoms with E-state index in [-0.39, 0.29) is 0 Å². The zero-order valence-corrected chi connectivity index (χ0v) is 12.8.